The molecular formula is C24H41N7O11. The van der Waals surface area contributed by atoms with Crippen molar-refractivity contribution in [2.75, 3.05) is 26.2 Å². The first-order valence-corrected chi connectivity index (χ1v) is 13.4. The molecule has 0 aromatic heterocycles. The quantitative estimate of drug-likeness (QED) is 0.0613. The van der Waals surface area contributed by atoms with Crippen molar-refractivity contribution >= 4 is 41.4 Å². The maximum absolute atomic E-state index is 12.7. The standard InChI is InChI=1S/C24H41N7O11/c1-14(33)25-17(7-4-10-29(40)15(2)34)21(36)28-20(13-32)24(39)31(42)12-6-9-19-23(38)26-18(22(37)27-19)8-5-11-30(41)16(3)35/h17-20,32,40-42H,4-13H2,1-3H3,(H,25,33)(H,26,38)(H,27,37)(H,28,36). The fourth-order valence-corrected chi connectivity index (χ4v) is 3.99. The predicted molar refractivity (Wildman–Crippen MR) is 140 cm³/mol. The summed E-state index contributed by atoms with van der Waals surface area (Å²) in [5.74, 6) is -4.59. The van der Waals surface area contributed by atoms with E-state index in [4.69, 9.17) is 0 Å². The van der Waals surface area contributed by atoms with Crippen LogP contribution in [0.4, 0.5) is 0 Å². The molecule has 18 heteroatoms. The van der Waals surface area contributed by atoms with Gasteiger partial charge < -0.3 is 26.4 Å². The largest absolute Gasteiger partial charge is 0.394 e. The van der Waals surface area contributed by atoms with Crippen LogP contribution in [-0.2, 0) is 33.6 Å². The number of hydroxylamine groups is 6. The van der Waals surface area contributed by atoms with Gasteiger partial charge in [-0.25, -0.2) is 15.2 Å². The molecule has 0 spiro atoms. The first-order chi connectivity index (χ1) is 19.7. The van der Waals surface area contributed by atoms with Gasteiger partial charge >= 0.3 is 0 Å². The van der Waals surface area contributed by atoms with Crippen LogP contribution in [0.5, 0.6) is 0 Å². The van der Waals surface area contributed by atoms with Crippen LogP contribution in [0, 0.1) is 0 Å². The van der Waals surface area contributed by atoms with Crippen LogP contribution < -0.4 is 21.3 Å². The summed E-state index contributed by atoms with van der Waals surface area (Å²) in [6.07, 6.45) is 0.646. The minimum atomic E-state index is -1.57. The molecule has 0 aromatic carbocycles. The molecule has 4 unspecified atom stereocenters. The third kappa shape index (κ3) is 12.3. The van der Waals surface area contributed by atoms with Crippen LogP contribution in [0.15, 0.2) is 0 Å². The van der Waals surface area contributed by atoms with Crippen LogP contribution in [0.25, 0.3) is 0 Å². The number of nitrogens with zero attached hydrogens (tertiary/aromatic N) is 3. The van der Waals surface area contributed by atoms with Gasteiger partial charge in [0.15, 0.2) is 0 Å². The smallest absolute Gasteiger partial charge is 0.270 e. The van der Waals surface area contributed by atoms with Gasteiger partial charge in [-0.15, -0.1) is 0 Å². The first-order valence-electron chi connectivity index (χ1n) is 13.4. The van der Waals surface area contributed by atoms with E-state index >= 15 is 0 Å². The molecule has 1 saturated heterocycles. The van der Waals surface area contributed by atoms with Gasteiger partial charge in [-0.2, -0.15) is 0 Å². The van der Waals surface area contributed by atoms with Gasteiger partial charge in [0.2, 0.25) is 35.4 Å². The summed E-state index contributed by atoms with van der Waals surface area (Å²) in [7, 11) is 0. The maximum Gasteiger partial charge on any atom is 0.270 e. The number of rotatable bonds is 17. The third-order valence-corrected chi connectivity index (χ3v) is 6.33. The van der Waals surface area contributed by atoms with Crippen molar-refractivity contribution in [2.24, 2.45) is 0 Å². The summed E-state index contributed by atoms with van der Waals surface area (Å²) < 4.78 is 0. The second kappa shape index (κ2) is 17.8. The van der Waals surface area contributed by atoms with E-state index in [0.717, 1.165) is 13.8 Å². The molecular weight excluding hydrogens is 562 g/mol. The number of hydrogen-bond donors (Lipinski definition) is 8. The lowest BCUT2D eigenvalue weighted by Crippen LogP contribution is -2.61. The zero-order chi connectivity index (χ0) is 32.0. The molecule has 8 N–H and O–H groups in total. The first kappa shape index (κ1) is 36.2. The lowest BCUT2D eigenvalue weighted by atomic mass is 10.0. The average Bonchev–Trinajstić information content (AvgIpc) is 2.92. The number of amides is 7. The van der Waals surface area contributed by atoms with Crippen LogP contribution >= 0.6 is 0 Å². The van der Waals surface area contributed by atoms with Crippen molar-refractivity contribution in [2.45, 2.75) is 83.5 Å². The van der Waals surface area contributed by atoms with Gasteiger partial charge in [0, 0.05) is 40.4 Å². The van der Waals surface area contributed by atoms with E-state index in [1.165, 1.54) is 6.92 Å². The fourth-order valence-electron chi connectivity index (χ4n) is 3.99. The highest BCUT2D eigenvalue weighted by Crippen LogP contribution is 2.10. The Hall–Kier alpha value is -3.87. The summed E-state index contributed by atoms with van der Waals surface area (Å²) >= 11 is 0. The van der Waals surface area contributed by atoms with Crippen LogP contribution in [0.1, 0.15) is 59.3 Å². The molecule has 0 aromatic rings. The molecule has 0 saturated carbocycles. The van der Waals surface area contributed by atoms with Gasteiger partial charge in [0.25, 0.3) is 5.91 Å². The average molecular weight is 604 g/mol. The summed E-state index contributed by atoms with van der Waals surface area (Å²) in [6, 6.07) is -4.52. The number of hydrogen-bond acceptors (Lipinski definition) is 11. The number of nitrogens with one attached hydrogen (secondary N) is 4. The Kier molecular flexibility index (Phi) is 15.4. The Morgan fingerprint density at radius 2 is 1.19 bits per heavy atom. The normalized spacial score (nSPS) is 17.7. The van der Waals surface area contributed by atoms with Crippen molar-refractivity contribution in [3.05, 3.63) is 0 Å². The van der Waals surface area contributed by atoms with E-state index in [9.17, 15) is 54.3 Å². The van der Waals surface area contributed by atoms with Crippen molar-refractivity contribution in [3.8, 4) is 0 Å². The van der Waals surface area contributed by atoms with Gasteiger partial charge in [-0.05, 0) is 38.5 Å². The zero-order valence-corrected chi connectivity index (χ0v) is 23.9. The molecule has 4 atom stereocenters. The van der Waals surface area contributed by atoms with Gasteiger partial charge in [0.05, 0.1) is 6.61 Å². The molecule has 1 aliphatic rings. The molecule has 1 heterocycles. The molecule has 18 nitrogen and oxygen atoms in total. The SMILES string of the molecule is CC(=O)NC(CCCN(O)C(C)=O)C(=O)NC(CO)C(=O)N(O)CCCC1NC(=O)C(CCCN(O)C(C)=O)NC1=O. The lowest BCUT2D eigenvalue weighted by molar-refractivity contribution is -0.170. The Labute approximate surface area is 242 Å². The topological polar surface area (TPSA) is 258 Å². The lowest BCUT2D eigenvalue weighted by Gasteiger charge is -2.30. The van der Waals surface area contributed by atoms with E-state index in [-0.39, 0.29) is 63.2 Å². The zero-order valence-electron chi connectivity index (χ0n) is 23.9. The minimum Gasteiger partial charge on any atom is -0.394 e. The molecule has 42 heavy (non-hydrogen) atoms. The van der Waals surface area contributed by atoms with Crippen LogP contribution in [0.2, 0.25) is 0 Å². The number of carbonyl (C=O) groups is 7. The van der Waals surface area contributed by atoms with Crippen LogP contribution in [0.3, 0.4) is 0 Å². The van der Waals surface area contributed by atoms with E-state index in [1.807, 2.05) is 0 Å². The number of piperazine rings is 1. The Balaban J connectivity index is 2.57. The highest BCUT2D eigenvalue weighted by atomic mass is 16.5. The molecule has 7 amide bonds. The van der Waals surface area contributed by atoms with Crippen molar-refractivity contribution in [3.63, 3.8) is 0 Å². The summed E-state index contributed by atoms with van der Waals surface area (Å²) in [5, 5.41) is 49.6. The minimum absolute atomic E-state index is 0.00839. The van der Waals surface area contributed by atoms with E-state index in [2.05, 4.69) is 21.3 Å². The van der Waals surface area contributed by atoms with Crippen LogP contribution in [-0.4, -0.2) is 128 Å². The van der Waals surface area contributed by atoms with E-state index in [1.54, 1.807) is 0 Å². The Bertz CT molecular complexity index is 996. The summed E-state index contributed by atoms with van der Waals surface area (Å²) in [6.45, 7) is 2.16. The fraction of sp³-hybridized carbons (Fsp3) is 0.708. The number of aliphatic hydroxyl groups is 1. The number of aliphatic hydroxyl groups excluding tert-OH is 1. The molecule has 0 bridgehead atoms. The van der Waals surface area contributed by atoms with Gasteiger partial charge in [0.1, 0.15) is 24.2 Å². The molecule has 1 rings (SSSR count). The van der Waals surface area contributed by atoms with Gasteiger partial charge in [-0.3, -0.25) is 49.2 Å². The number of carbonyl (C=O) groups excluding carboxylic acids is 7. The third-order valence-electron chi connectivity index (χ3n) is 6.33. The van der Waals surface area contributed by atoms with Gasteiger partial charge in [-0.1, -0.05) is 0 Å². The van der Waals surface area contributed by atoms with Crippen molar-refractivity contribution < 1.29 is 54.3 Å². The Morgan fingerprint density at radius 1 is 0.738 bits per heavy atom. The van der Waals surface area contributed by atoms with E-state index < -0.39 is 72.1 Å². The van der Waals surface area contributed by atoms with Crippen molar-refractivity contribution in [1.82, 2.24) is 36.5 Å². The maximum atomic E-state index is 12.7. The second-order valence-corrected chi connectivity index (χ2v) is 9.79. The summed E-state index contributed by atoms with van der Waals surface area (Å²) in [4.78, 5) is 83.7. The molecule has 1 aliphatic heterocycles. The Morgan fingerprint density at radius 3 is 1.62 bits per heavy atom. The predicted octanol–water partition coefficient (Wildman–Crippen LogP) is -3.01. The van der Waals surface area contributed by atoms with Crippen molar-refractivity contribution in [1.29, 1.82) is 0 Å². The second-order valence-electron chi connectivity index (χ2n) is 9.79. The monoisotopic (exact) mass is 603 g/mol. The summed E-state index contributed by atoms with van der Waals surface area (Å²) in [5.41, 5.74) is 0. The molecule has 1 fully saturated rings. The molecule has 0 radical (unpaired) electrons. The van der Waals surface area contributed by atoms with E-state index in [0.29, 0.717) is 10.1 Å². The highest BCUT2D eigenvalue weighted by Gasteiger charge is 2.34. The highest BCUT2D eigenvalue weighted by molar-refractivity contribution is 5.97. The molecule has 0 aliphatic carbocycles. The molecule has 238 valence electrons.